The fraction of sp³-hybridized carbons (Fsp3) is 0.650. The number of ether oxygens (including phenoxy) is 2. The molecule has 0 aliphatic carbocycles. The van der Waals surface area contributed by atoms with Crippen LogP contribution in [0.5, 0.6) is 0 Å². The Bertz CT molecular complexity index is 706. The Balaban J connectivity index is 0.000000396. The number of alkyl halides is 3. The predicted octanol–water partition coefficient (Wildman–Crippen LogP) is 3.04. The lowest BCUT2D eigenvalue weighted by Gasteiger charge is -2.53. The molecule has 2 fully saturated rings. The van der Waals surface area contributed by atoms with Crippen LogP contribution < -0.4 is 0 Å². The van der Waals surface area contributed by atoms with E-state index in [0.29, 0.717) is 38.6 Å². The number of rotatable bonds is 5. The molecule has 7 nitrogen and oxygen atoms in total. The lowest BCUT2D eigenvalue weighted by atomic mass is 9.84. The van der Waals surface area contributed by atoms with Gasteiger partial charge in [-0.2, -0.15) is 13.2 Å². The molecule has 10 heteroatoms. The first-order chi connectivity index (χ1) is 14.0. The number of likely N-dealkylation sites (tertiary alicyclic amines) is 1. The quantitative estimate of drug-likeness (QED) is 0.770. The molecule has 1 aromatic heterocycles. The number of nitrogens with zero attached hydrogens (tertiary/aromatic N) is 2. The maximum absolute atomic E-state index is 12.1. The fourth-order valence-electron chi connectivity index (χ4n) is 3.34. The van der Waals surface area contributed by atoms with E-state index in [1.54, 1.807) is 6.20 Å². The highest BCUT2D eigenvalue weighted by Gasteiger charge is 2.49. The van der Waals surface area contributed by atoms with Crippen LogP contribution in [0.25, 0.3) is 0 Å². The second kappa shape index (κ2) is 10.2. The van der Waals surface area contributed by atoms with Crippen molar-refractivity contribution in [3.63, 3.8) is 0 Å². The van der Waals surface area contributed by atoms with Gasteiger partial charge in [0.25, 0.3) is 0 Å². The van der Waals surface area contributed by atoms with Gasteiger partial charge >= 0.3 is 12.1 Å². The molecule has 168 valence electrons. The Morgan fingerprint density at radius 2 is 2.03 bits per heavy atom. The molecule has 1 amide bonds. The van der Waals surface area contributed by atoms with Gasteiger partial charge in [-0.3, -0.25) is 9.78 Å². The number of carboxylic acids is 1. The van der Waals surface area contributed by atoms with Crippen molar-refractivity contribution in [1.82, 2.24) is 9.88 Å². The topological polar surface area (TPSA) is 89.0 Å². The number of aliphatic carboxylic acids is 1. The van der Waals surface area contributed by atoms with Gasteiger partial charge in [-0.25, -0.2) is 4.79 Å². The van der Waals surface area contributed by atoms with Gasteiger partial charge in [-0.15, -0.1) is 0 Å². The largest absolute Gasteiger partial charge is 0.490 e. The van der Waals surface area contributed by atoms with Crippen LogP contribution in [-0.4, -0.2) is 64.4 Å². The summed E-state index contributed by atoms with van der Waals surface area (Å²) in [5, 5.41) is 7.12. The smallest absolute Gasteiger partial charge is 0.475 e. The molecule has 0 saturated carbocycles. The Kier molecular flexibility index (Phi) is 8.19. The summed E-state index contributed by atoms with van der Waals surface area (Å²) in [7, 11) is 0. The van der Waals surface area contributed by atoms with Crippen LogP contribution in [0.3, 0.4) is 0 Å². The molecular formula is C20H27F3N2O5. The average molecular weight is 432 g/mol. The molecule has 1 N–H and O–H groups in total. The van der Waals surface area contributed by atoms with Crippen LogP contribution in [-0.2, 0) is 25.7 Å². The highest BCUT2D eigenvalue weighted by Crippen LogP contribution is 2.36. The molecule has 1 atom stereocenters. The summed E-state index contributed by atoms with van der Waals surface area (Å²) < 4.78 is 43.7. The first-order valence-electron chi connectivity index (χ1n) is 9.74. The molecule has 1 spiro atoms. The van der Waals surface area contributed by atoms with E-state index in [9.17, 15) is 18.0 Å². The van der Waals surface area contributed by atoms with Crippen molar-refractivity contribution in [2.24, 2.45) is 5.92 Å². The molecule has 1 unspecified atom stereocenters. The summed E-state index contributed by atoms with van der Waals surface area (Å²) in [4.78, 5) is 27.2. The summed E-state index contributed by atoms with van der Waals surface area (Å²) in [5.74, 6) is -2.11. The van der Waals surface area contributed by atoms with Crippen LogP contribution >= 0.6 is 0 Å². The molecule has 2 saturated heterocycles. The van der Waals surface area contributed by atoms with Crippen LogP contribution in [0.1, 0.15) is 38.8 Å². The van der Waals surface area contributed by atoms with Crippen LogP contribution in [0.15, 0.2) is 24.4 Å². The second-order valence-electron chi connectivity index (χ2n) is 7.93. The number of carbonyl (C=O) groups is 2. The maximum Gasteiger partial charge on any atom is 0.490 e. The summed E-state index contributed by atoms with van der Waals surface area (Å²) in [6.45, 7) is 6.82. The van der Waals surface area contributed by atoms with Crippen molar-refractivity contribution in [3.8, 4) is 0 Å². The van der Waals surface area contributed by atoms with E-state index in [1.807, 2.05) is 23.1 Å². The van der Waals surface area contributed by atoms with Gasteiger partial charge in [0, 0.05) is 25.6 Å². The van der Waals surface area contributed by atoms with Crippen LogP contribution in [0.4, 0.5) is 13.2 Å². The average Bonchev–Trinajstić information content (AvgIpc) is 2.64. The third-order valence-electron chi connectivity index (χ3n) is 4.78. The predicted molar refractivity (Wildman–Crippen MR) is 100 cm³/mol. The fourth-order valence-corrected chi connectivity index (χ4v) is 3.34. The molecule has 30 heavy (non-hydrogen) atoms. The van der Waals surface area contributed by atoms with E-state index in [-0.39, 0.29) is 17.6 Å². The summed E-state index contributed by atoms with van der Waals surface area (Å²) in [6.07, 6.45) is -0.711. The maximum atomic E-state index is 12.1. The van der Waals surface area contributed by atoms with Gasteiger partial charge in [0.05, 0.1) is 31.5 Å². The Hall–Kier alpha value is -2.20. The van der Waals surface area contributed by atoms with Gasteiger partial charge in [0.15, 0.2) is 0 Å². The Morgan fingerprint density at radius 3 is 2.57 bits per heavy atom. The van der Waals surface area contributed by atoms with Gasteiger partial charge in [-0.1, -0.05) is 19.9 Å². The highest BCUT2D eigenvalue weighted by atomic mass is 19.4. The Labute approximate surface area is 173 Å². The third kappa shape index (κ3) is 7.24. The zero-order valence-electron chi connectivity index (χ0n) is 17.0. The highest BCUT2D eigenvalue weighted by molar-refractivity contribution is 5.77. The van der Waals surface area contributed by atoms with Gasteiger partial charge in [-0.05, 0) is 24.5 Å². The van der Waals surface area contributed by atoms with Crippen molar-refractivity contribution < 1.29 is 37.3 Å². The van der Waals surface area contributed by atoms with E-state index in [0.717, 1.165) is 18.5 Å². The molecule has 0 radical (unpaired) electrons. The van der Waals surface area contributed by atoms with Crippen molar-refractivity contribution >= 4 is 11.9 Å². The van der Waals surface area contributed by atoms with Crippen molar-refractivity contribution in [2.75, 3.05) is 19.7 Å². The van der Waals surface area contributed by atoms with E-state index in [4.69, 9.17) is 19.4 Å². The molecule has 2 aliphatic rings. The normalized spacial score (nSPS) is 20.3. The minimum atomic E-state index is -5.08. The van der Waals surface area contributed by atoms with Crippen LogP contribution in [0.2, 0.25) is 0 Å². The number of hydrogen-bond donors (Lipinski definition) is 1. The number of halogens is 3. The summed E-state index contributed by atoms with van der Waals surface area (Å²) >= 11 is 0. The Morgan fingerprint density at radius 1 is 1.37 bits per heavy atom. The lowest BCUT2D eigenvalue weighted by Crippen LogP contribution is -2.67. The van der Waals surface area contributed by atoms with E-state index in [2.05, 4.69) is 18.8 Å². The molecule has 0 aromatic carbocycles. The zero-order chi connectivity index (χ0) is 22.4. The number of aromatic nitrogens is 1. The zero-order valence-corrected chi connectivity index (χ0v) is 17.0. The molecule has 3 heterocycles. The second-order valence-corrected chi connectivity index (χ2v) is 7.93. The number of pyridine rings is 1. The number of carboxylic acid groups (broad SMARTS) is 1. The first kappa shape index (κ1) is 24.1. The monoisotopic (exact) mass is 432 g/mol. The van der Waals surface area contributed by atoms with Gasteiger partial charge in [0.1, 0.15) is 5.60 Å². The SMILES string of the molecule is CC(C)CC(=O)N1CC2(CC(OCc3ccccn3)CCO2)C1.O=C(O)C(F)(F)F. The number of carbonyl (C=O) groups excluding carboxylic acids is 1. The van der Waals surface area contributed by atoms with Crippen molar-refractivity contribution in [3.05, 3.63) is 30.1 Å². The van der Waals surface area contributed by atoms with E-state index in [1.165, 1.54) is 0 Å². The number of hydrogen-bond acceptors (Lipinski definition) is 5. The minimum Gasteiger partial charge on any atom is -0.475 e. The van der Waals surface area contributed by atoms with Crippen molar-refractivity contribution in [1.29, 1.82) is 0 Å². The number of amides is 1. The van der Waals surface area contributed by atoms with Gasteiger partial charge in [0.2, 0.25) is 5.91 Å². The van der Waals surface area contributed by atoms with E-state index >= 15 is 0 Å². The van der Waals surface area contributed by atoms with E-state index < -0.39 is 12.1 Å². The summed E-state index contributed by atoms with van der Waals surface area (Å²) in [5.41, 5.74) is 0.773. The molecule has 2 aliphatic heterocycles. The van der Waals surface area contributed by atoms with Gasteiger partial charge < -0.3 is 19.5 Å². The lowest BCUT2D eigenvalue weighted by molar-refractivity contribution is -0.203. The first-order valence-corrected chi connectivity index (χ1v) is 9.74. The standard InChI is InChI=1S/C18H26N2O3.C2HF3O2/c1-14(2)9-17(21)20-12-18(13-20)10-16(6-8-23-18)22-11-15-5-3-4-7-19-15;3-2(4,5)1(6)7/h3-5,7,14,16H,6,8-13H2,1-2H3;(H,6,7). The van der Waals surface area contributed by atoms with Crippen LogP contribution in [0, 0.1) is 5.92 Å². The van der Waals surface area contributed by atoms with Crippen molar-refractivity contribution in [2.45, 2.75) is 57.6 Å². The molecule has 0 bridgehead atoms. The minimum absolute atomic E-state index is 0.181. The summed E-state index contributed by atoms with van der Waals surface area (Å²) in [6, 6.07) is 5.86. The molecular weight excluding hydrogens is 405 g/mol. The third-order valence-corrected chi connectivity index (χ3v) is 4.78. The molecule has 1 aromatic rings. The molecule has 3 rings (SSSR count).